The fourth-order valence-electron chi connectivity index (χ4n) is 4.56. The van der Waals surface area contributed by atoms with Gasteiger partial charge in [0, 0.05) is 31.7 Å². The normalized spacial score (nSPS) is 14.2. The van der Waals surface area contributed by atoms with Gasteiger partial charge in [0.25, 0.3) is 5.91 Å². The molecule has 0 spiro atoms. The third-order valence-corrected chi connectivity index (χ3v) is 7.02. The van der Waals surface area contributed by atoms with Crippen molar-refractivity contribution >= 4 is 12.0 Å². The average molecular weight is 568 g/mol. The number of aromatic hydroxyl groups is 1. The topological polar surface area (TPSA) is 90.9 Å². The summed E-state index contributed by atoms with van der Waals surface area (Å²) in [4.78, 5) is 27.2. The molecule has 7 nitrogen and oxygen atoms in total. The number of phenols is 1. The summed E-state index contributed by atoms with van der Waals surface area (Å²) in [5, 5.41) is 15.2. The summed E-state index contributed by atoms with van der Waals surface area (Å²) in [5.41, 5.74) is 4.58. The number of carbonyl (C=O) groups excluding carboxylic acids is 2. The smallest absolute Gasteiger partial charge is 0.411 e. The van der Waals surface area contributed by atoms with E-state index in [1.807, 2.05) is 0 Å². The van der Waals surface area contributed by atoms with Crippen molar-refractivity contribution in [2.75, 3.05) is 26.2 Å². The largest absolute Gasteiger partial charge is 0.508 e. The maximum atomic E-state index is 12.6. The summed E-state index contributed by atoms with van der Waals surface area (Å²) in [7, 11) is 0. The van der Waals surface area contributed by atoms with Gasteiger partial charge >= 0.3 is 6.09 Å². The van der Waals surface area contributed by atoms with Crippen LogP contribution in [0.25, 0.3) is 0 Å². The molecular weight excluding hydrogens is 526 g/mol. The number of likely N-dealkylation sites (tertiary alicyclic amines) is 1. The molecule has 2 amide bonds. The van der Waals surface area contributed by atoms with Gasteiger partial charge in [0.05, 0.1) is 5.70 Å². The lowest BCUT2D eigenvalue weighted by Crippen LogP contribution is -2.40. The highest BCUT2D eigenvalue weighted by atomic mass is 16.6. The zero-order valence-electron chi connectivity index (χ0n) is 24.2. The number of rotatable bonds is 14. The zero-order valence-corrected chi connectivity index (χ0v) is 24.2. The van der Waals surface area contributed by atoms with Gasteiger partial charge in [0.1, 0.15) is 11.9 Å². The number of carbonyl (C=O) groups is 2. The van der Waals surface area contributed by atoms with Gasteiger partial charge in [-0.1, -0.05) is 81.0 Å². The number of amides is 2. The van der Waals surface area contributed by atoms with E-state index in [1.165, 1.54) is 17.7 Å². The minimum Gasteiger partial charge on any atom is -0.508 e. The molecule has 0 aliphatic carbocycles. The van der Waals surface area contributed by atoms with Crippen LogP contribution in [0.2, 0.25) is 0 Å². The first kappa shape index (κ1) is 31.9. The Morgan fingerprint density at radius 2 is 1.69 bits per heavy atom. The van der Waals surface area contributed by atoms with Crippen molar-refractivity contribution < 1.29 is 19.4 Å². The van der Waals surface area contributed by atoms with Crippen LogP contribution >= 0.6 is 0 Å². The first-order chi connectivity index (χ1) is 20.3. The molecule has 220 valence electrons. The van der Waals surface area contributed by atoms with Crippen molar-refractivity contribution in [3.8, 4) is 5.75 Å². The van der Waals surface area contributed by atoms with Crippen LogP contribution in [0.15, 0.2) is 122 Å². The molecule has 3 rings (SSSR count). The second-order valence-electron chi connectivity index (χ2n) is 10.1. The predicted octanol–water partition coefficient (Wildman–Crippen LogP) is 6.02. The molecule has 1 fully saturated rings. The molecule has 7 heteroatoms. The quantitative estimate of drug-likeness (QED) is 0.243. The molecule has 1 aliphatic heterocycles. The molecule has 0 aromatic heterocycles. The molecular formula is C35H41N3O4. The Labute approximate surface area is 249 Å². The van der Waals surface area contributed by atoms with Crippen molar-refractivity contribution in [1.82, 2.24) is 15.5 Å². The minimum absolute atomic E-state index is 0.0767. The van der Waals surface area contributed by atoms with Gasteiger partial charge < -0.3 is 20.1 Å². The standard InChI is InChI=1S/C35H41N3O4/c1-5-7-10-26(3)27(4)33(9-6-2)37-35(41)42-32-19-23-38(24-20-32)22-18-29-15-13-28(14-16-29)17-21-36-34(40)30-11-8-12-31(39)25-30/h5-16,25,32,39H,1-4,17-24H2,(H,36,40)(H,37,41)/b10-7-,33-9+. The Morgan fingerprint density at radius 1 is 1.00 bits per heavy atom. The molecule has 42 heavy (non-hydrogen) atoms. The lowest BCUT2D eigenvalue weighted by molar-refractivity contribution is 0.0527. The van der Waals surface area contributed by atoms with E-state index >= 15 is 0 Å². The lowest BCUT2D eigenvalue weighted by Gasteiger charge is -2.31. The Bertz CT molecular complexity index is 1330. The molecule has 1 heterocycles. The van der Waals surface area contributed by atoms with Gasteiger partial charge in [0.15, 0.2) is 0 Å². The molecule has 0 bridgehead atoms. The van der Waals surface area contributed by atoms with E-state index in [9.17, 15) is 14.7 Å². The van der Waals surface area contributed by atoms with E-state index in [2.05, 4.69) is 66.1 Å². The number of allylic oxidation sites excluding steroid dienone is 6. The first-order valence-electron chi connectivity index (χ1n) is 14.1. The summed E-state index contributed by atoms with van der Waals surface area (Å²) < 4.78 is 5.69. The van der Waals surface area contributed by atoms with Gasteiger partial charge in [-0.15, -0.1) is 0 Å². The summed E-state index contributed by atoms with van der Waals surface area (Å²) >= 11 is 0. The van der Waals surface area contributed by atoms with Crippen LogP contribution in [0.3, 0.4) is 0 Å². The van der Waals surface area contributed by atoms with E-state index in [1.54, 1.807) is 42.5 Å². The van der Waals surface area contributed by atoms with E-state index in [0.29, 0.717) is 29.0 Å². The van der Waals surface area contributed by atoms with E-state index in [-0.39, 0.29) is 17.8 Å². The summed E-state index contributed by atoms with van der Waals surface area (Å²) in [6.07, 6.45) is 11.0. The summed E-state index contributed by atoms with van der Waals surface area (Å²) in [5.74, 6) is -0.121. The molecule has 2 aromatic carbocycles. The number of hydrogen-bond donors (Lipinski definition) is 3. The minimum atomic E-state index is -0.512. The van der Waals surface area contributed by atoms with Crippen molar-refractivity contribution in [3.05, 3.63) is 139 Å². The lowest BCUT2D eigenvalue weighted by atomic mass is 10.0. The zero-order chi connectivity index (χ0) is 30.3. The maximum Gasteiger partial charge on any atom is 0.411 e. The van der Waals surface area contributed by atoms with Crippen LogP contribution in [-0.4, -0.2) is 54.3 Å². The summed E-state index contributed by atoms with van der Waals surface area (Å²) in [6, 6.07) is 14.8. The number of hydrogen-bond acceptors (Lipinski definition) is 5. The Balaban J connectivity index is 1.35. The molecule has 2 aromatic rings. The third kappa shape index (κ3) is 10.4. The number of alkyl carbamates (subject to hydrolysis) is 1. The van der Waals surface area contributed by atoms with Gasteiger partial charge in [0.2, 0.25) is 0 Å². The number of benzene rings is 2. The molecule has 3 N–H and O–H groups in total. The second-order valence-corrected chi connectivity index (χ2v) is 10.1. The van der Waals surface area contributed by atoms with Crippen molar-refractivity contribution in [2.24, 2.45) is 0 Å². The van der Waals surface area contributed by atoms with Gasteiger partial charge in [-0.2, -0.15) is 0 Å². The molecule has 1 aliphatic rings. The second kappa shape index (κ2) is 16.6. The van der Waals surface area contributed by atoms with Crippen molar-refractivity contribution in [2.45, 2.75) is 31.8 Å². The van der Waals surface area contributed by atoms with Gasteiger partial charge in [-0.05, 0) is 72.2 Å². The molecule has 1 saturated heterocycles. The van der Waals surface area contributed by atoms with E-state index in [4.69, 9.17) is 4.74 Å². The van der Waals surface area contributed by atoms with Gasteiger partial charge in [-0.3, -0.25) is 10.1 Å². The van der Waals surface area contributed by atoms with Gasteiger partial charge in [-0.25, -0.2) is 4.79 Å². The van der Waals surface area contributed by atoms with Crippen LogP contribution < -0.4 is 10.6 Å². The van der Waals surface area contributed by atoms with Crippen LogP contribution in [0.1, 0.15) is 34.3 Å². The highest BCUT2D eigenvalue weighted by Gasteiger charge is 2.23. The summed E-state index contributed by atoms with van der Waals surface area (Å²) in [6.45, 7) is 18.5. The van der Waals surface area contributed by atoms with Crippen LogP contribution in [0, 0.1) is 0 Å². The van der Waals surface area contributed by atoms with Crippen LogP contribution in [0.5, 0.6) is 5.75 Å². The van der Waals surface area contributed by atoms with Crippen molar-refractivity contribution in [3.63, 3.8) is 0 Å². The Hall–Kier alpha value is -4.62. The highest BCUT2D eigenvalue weighted by molar-refractivity contribution is 5.94. The number of piperidine rings is 1. The molecule has 0 atom stereocenters. The van der Waals surface area contributed by atoms with E-state index in [0.717, 1.165) is 50.9 Å². The first-order valence-corrected chi connectivity index (χ1v) is 14.1. The molecule has 0 unspecified atom stereocenters. The Morgan fingerprint density at radius 3 is 2.33 bits per heavy atom. The molecule has 0 saturated carbocycles. The fourth-order valence-corrected chi connectivity index (χ4v) is 4.56. The van der Waals surface area contributed by atoms with Crippen LogP contribution in [0.4, 0.5) is 4.79 Å². The third-order valence-electron chi connectivity index (χ3n) is 7.02. The highest BCUT2D eigenvalue weighted by Crippen LogP contribution is 2.18. The SMILES string of the molecule is C=C/C=C\C(=C)C(=C)/C(=C\C=C)NC(=O)OC1CCN(CCc2ccc(CCNC(=O)c3cccc(O)c3)cc2)CC1. The average Bonchev–Trinajstić information content (AvgIpc) is 2.99. The monoisotopic (exact) mass is 567 g/mol. The Kier molecular flexibility index (Phi) is 12.6. The fraction of sp³-hybridized carbons (Fsp3) is 0.257. The number of ether oxygens (including phenoxy) is 1. The van der Waals surface area contributed by atoms with Crippen molar-refractivity contribution in [1.29, 1.82) is 0 Å². The van der Waals surface area contributed by atoms with E-state index < -0.39 is 6.09 Å². The number of nitrogens with one attached hydrogen (secondary N) is 2. The van der Waals surface area contributed by atoms with Crippen LogP contribution in [-0.2, 0) is 17.6 Å². The maximum absolute atomic E-state index is 12.6. The predicted molar refractivity (Wildman–Crippen MR) is 169 cm³/mol. The molecule has 0 radical (unpaired) electrons. The number of phenolic OH excluding ortho intramolecular Hbond substituents is 1. The number of nitrogens with zero attached hydrogens (tertiary/aromatic N) is 1.